The van der Waals surface area contributed by atoms with Crippen molar-refractivity contribution in [2.45, 2.75) is 175 Å². The Hall–Kier alpha value is -4.32. The van der Waals surface area contributed by atoms with Crippen molar-refractivity contribution in [3.63, 3.8) is 0 Å². The van der Waals surface area contributed by atoms with Gasteiger partial charge in [0, 0.05) is 0 Å². The van der Waals surface area contributed by atoms with Gasteiger partial charge in [0.25, 0.3) is 0 Å². The summed E-state index contributed by atoms with van der Waals surface area (Å²) >= 11 is -3.99. The Kier molecular flexibility index (Phi) is 22.4. The Bertz CT molecular complexity index is 2570. The molecule has 0 saturated carbocycles. The van der Waals surface area contributed by atoms with Crippen LogP contribution in [0.2, 0.25) is 8.87 Å². The van der Waals surface area contributed by atoms with Crippen LogP contribution in [-0.4, -0.2) is 99.2 Å². The molecule has 0 spiro atoms. The van der Waals surface area contributed by atoms with Crippen molar-refractivity contribution >= 4 is 19.2 Å². The van der Waals surface area contributed by atoms with Crippen LogP contribution in [0, 0.1) is 0 Å². The third-order valence-corrected chi connectivity index (χ3v) is 25.4. The van der Waals surface area contributed by atoms with Gasteiger partial charge in [0.05, 0.1) is 0 Å². The van der Waals surface area contributed by atoms with E-state index in [9.17, 15) is 0 Å². The van der Waals surface area contributed by atoms with Gasteiger partial charge in [0.15, 0.2) is 0 Å². The zero-order valence-electron chi connectivity index (χ0n) is 46.2. The van der Waals surface area contributed by atoms with Gasteiger partial charge < -0.3 is 0 Å². The molecule has 0 unspecified atom stereocenters. The van der Waals surface area contributed by atoms with Crippen LogP contribution in [0.15, 0.2) is 182 Å². The van der Waals surface area contributed by atoms with Crippen LogP contribution in [0.3, 0.4) is 0 Å². The van der Waals surface area contributed by atoms with Gasteiger partial charge in [0.1, 0.15) is 0 Å². The van der Waals surface area contributed by atoms with Gasteiger partial charge in [-0.25, -0.2) is 0 Å². The molecule has 0 radical (unpaired) electrons. The Morgan fingerprint density at radius 3 is 1.32 bits per heavy atom. The summed E-state index contributed by atoms with van der Waals surface area (Å²) in [6.07, 6.45) is -1.23. The zero-order chi connectivity index (χ0) is 53.8. The summed E-state index contributed by atoms with van der Waals surface area (Å²) in [4.78, 5) is 0. The predicted octanol–water partition coefficient (Wildman–Crippen LogP) is 13.3. The van der Waals surface area contributed by atoms with Crippen molar-refractivity contribution in [3.05, 3.63) is 215 Å². The van der Waals surface area contributed by atoms with Crippen LogP contribution in [-0.2, 0) is 88.4 Å². The van der Waals surface area contributed by atoms with E-state index >= 15 is 0 Å². The Morgan fingerprint density at radius 2 is 0.885 bits per heavy atom. The van der Waals surface area contributed by atoms with E-state index in [2.05, 4.69) is 86.6 Å². The van der Waals surface area contributed by atoms with Gasteiger partial charge in [-0.1, -0.05) is 12.1 Å². The maximum atomic E-state index is 7.86. The quantitative estimate of drug-likeness (QED) is 0.0403. The summed E-state index contributed by atoms with van der Waals surface area (Å²) in [5.41, 5.74) is 6.28. The summed E-state index contributed by atoms with van der Waals surface area (Å²) in [6, 6.07) is 61.7. The summed E-state index contributed by atoms with van der Waals surface area (Å²) in [6.45, 7) is 11.1. The van der Waals surface area contributed by atoms with Crippen LogP contribution in [0.5, 0.6) is 0 Å². The molecule has 3 saturated heterocycles. The van der Waals surface area contributed by atoms with E-state index in [0.717, 1.165) is 67.9 Å². The fraction of sp³-hybridized carbons (Fsp3) is 0.455. The first-order chi connectivity index (χ1) is 38.3. The molecule has 78 heavy (non-hydrogen) atoms. The van der Waals surface area contributed by atoms with Gasteiger partial charge in [0.2, 0.25) is 0 Å². The minimum atomic E-state index is -3.99. The number of unbranched alkanes of at least 4 members (excludes halogenated alkanes) is 2. The number of hydrogen-bond acceptors (Lipinski definition) is 11. The van der Waals surface area contributed by atoms with Gasteiger partial charge in [-0.05, 0) is 0 Å². The van der Waals surface area contributed by atoms with E-state index < -0.39 is 86.0 Å². The molecule has 0 aliphatic carbocycles. The monoisotopic (exact) mass is 1170 g/mol. The molecule has 12 heteroatoms. The second-order valence-corrected chi connectivity index (χ2v) is 30.9. The molecule has 9 rings (SSSR count). The van der Waals surface area contributed by atoms with E-state index in [4.69, 9.17) is 48.8 Å². The number of ether oxygens (including phenoxy) is 9. The van der Waals surface area contributed by atoms with Crippen LogP contribution in [0.4, 0.5) is 0 Å². The predicted molar refractivity (Wildman–Crippen MR) is 304 cm³/mol. The van der Waals surface area contributed by atoms with E-state index in [1.54, 1.807) is 0 Å². The fourth-order valence-corrected chi connectivity index (χ4v) is 22.7. The van der Waals surface area contributed by atoms with Gasteiger partial charge in [-0.3, -0.25) is 0 Å². The van der Waals surface area contributed by atoms with Gasteiger partial charge >= 0.3 is 460 Å². The van der Waals surface area contributed by atoms with Crippen molar-refractivity contribution in [3.8, 4) is 0 Å². The second-order valence-electron chi connectivity index (χ2n) is 21.5. The SMILES string of the molecule is CCC[CH2][Sn]1([CH2]CCC)[O][C@@H]([C@@H](OCc2ccccc2)[C@H](OCc2ccccc2)[C@H]2COC(C)(C)O2)[C@H](C[C@@H]2O[C@H](COCc3ccccc3)[C@@H](OCc3ccccc3)[C@H](OCc3ccccc3)[C@H]2OCc2ccccc2)[O]1. The topological polar surface area (TPSA) is 102 Å². The van der Waals surface area contributed by atoms with Gasteiger partial charge in [-0.2, -0.15) is 0 Å². The van der Waals surface area contributed by atoms with Crippen LogP contribution in [0.1, 0.15) is 93.2 Å². The van der Waals surface area contributed by atoms with Crippen molar-refractivity contribution in [2.24, 2.45) is 0 Å². The van der Waals surface area contributed by atoms with E-state index in [1.807, 2.05) is 123 Å². The molecule has 0 N–H and O–H groups in total. The van der Waals surface area contributed by atoms with Crippen molar-refractivity contribution in [1.29, 1.82) is 0 Å². The molecule has 3 aliphatic heterocycles. The Labute approximate surface area is 469 Å². The number of benzene rings is 6. The molecule has 3 fully saturated rings. The maximum absolute atomic E-state index is 7.86. The van der Waals surface area contributed by atoms with Crippen LogP contribution >= 0.6 is 0 Å². The Balaban J connectivity index is 1.14. The van der Waals surface area contributed by atoms with E-state index in [0.29, 0.717) is 52.7 Å². The van der Waals surface area contributed by atoms with Crippen molar-refractivity contribution in [1.82, 2.24) is 0 Å². The summed E-state index contributed by atoms with van der Waals surface area (Å²) in [5, 5.41) is 0. The summed E-state index contributed by atoms with van der Waals surface area (Å²) in [5.74, 6) is -0.828. The van der Waals surface area contributed by atoms with Crippen molar-refractivity contribution < 1.29 is 48.8 Å². The third kappa shape index (κ3) is 16.9. The number of hydrogen-bond donors (Lipinski definition) is 0. The fourth-order valence-electron chi connectivity index (χ4n) is 10.9. The minimum absolute atomic E-state index is 0.246. The van der Waals surface area contributed by atoms with Gasteiger partial charge in [-0.15, -0.1) is 0 Å². The first kappa shape index (κ1) is 58.3. The van der Waals surface area contributed by atoms with E-state index in [1.165, 1.54) is 0 Å². The first-order valence-electron chi connectivity index (χ1n) is 28.5. The summed E-state index contributed by atoms with van der Waals surface area (Å²) in [7, 11) is 0. The molecular weight excluding hydrogens is 1090 g/mol. The number of rotatable bonds is 30. The zero-order valence-corrected chi connectivity index (χ0v) is 49.0. The molecule has 0 aromatic heterocycles. The normalized spacial score (nSPS) is 24.5. The molecule has 3 aliphatic rings. The summed E-state index contributed by atoms with van der Waals surface area (Å²) < 4.78 is 81.0. The average molecular weight is 1170 g/mol. The van der Waals surface area contributed by atoms with Crippen molar-refractivity contribution in [2.75, 3.05) is 13.2 Å². The molecule has 0 bridgehead atoms. The van der Waals surface area contributed by atoms with Crippen LogP contribution in [0.25, 0.3) is 0 Å². The average Bonchev–Trinajstić information content (AvgIpc) is 4.05. The molecular formula is C66H82O11Sn. The molecule has 0 amide bonds. The molecule has 6 aromatic carbocycles. The Morgan fingerprint density at radius 1 is 0.474 bits per heavy atom. The molecule has 10 atom stereocenters. The molecule has 3 heterocycles. The molecule has 416 valence electrons. The third-order valence-electron chi connectivity index (χ3n) is 15.0. The van der Waals surface area contributed by atoms with E-state index in [-0.39, 0.29) is 6.61 Å². The molecule has 6 aromatic rings. The standard InChI is InChI=1S/C58H64O11.2C4H9.Sn/c1-58(2)67-41-51(69-58)55(64-37-45-27-15-6-16-28-45)56(65-38-46-29-17-7-18-30-46)52(60)48(59)33-49-53(62-35-43-23-11-4-12-24-43)57(66-39-47-31-19-8-20-32-47)54(63-36-44-25-13-5-14-26-44)50(68-49)40-61-34-42-21-9-3-10-22-42;2*1-3-4-2;/h3-32,48-57H,33-41H2,1-2H3;2*1,3-4H2,2H3;/q-2;;;+2/t48-,49-,50+,51+,52+,53-,54+,55+,56+,57+;;;/m0.../s1. The molecule has 11 nitrogen and oxygen atoms in total. The van der Waals surface area contributed by atoms with Crippen LogP contribution < -0.4 is 0 Å². The second kappa shape index (κ2) is 29.9. The first-order valence-corrected chi connectivity index (χ1v) is 34.9.